The highest BCUT2D eigenvalue weighted by atomic mass is 35.5. The van der Waals surface area contributed by atoms with Crippen LogP contribution in [0.25, 0.3) is 6.08 Å². The molecule has 116 valence electrons. The van der Waals surface area contributed by atoms with Gasteiger partial charge in [0.05, 0.1) is 11.1 Å². The van der Waals surface area contributed by atoms with E-state index in [1.807, 2.05) is 38.1 Å². The number of hydrogen-bond donors (Lipinski definition) is 0. The molecule has 2 aromatic rings. The van der Waals surface area contributed by atoms with Crippen LogP contribution in [0.3, 0.4) is 0 Å². The summed E-state index contributed by atoms with van der Waals surface area (Å²) in [6.07, 6.45) is 1.52. The highest BCUT2D eigenvalue weighted by molar-refractivity contribution is 7.95. The molecule has 0 unspecified atom stereocenters. The summed E-state index contributed by atoms with van der Waals surface area (Å²) in [5, 5.41) is 1.71. The SMILES string of the molecule is CC(C)N(c1ccccc1)S(=O)(=O)C=Cc1ccccc1Cl. The van der Waals surface area contributed by atoms with E-state index in [2.05, 4.69) is 0 Å². The Balaban J connectivity index is 2.37. The minimum absolute atomic E-state index is 0.191. The van der Waals surface area contributed by atoms with Crippen LogP contribution in [0.4, 0.5) is 5.69 Å². The maximum absolute atomic E-state index is 12.7. The molecular weight excluding hydrogens is 318 g/mol. The van der Waals surface area contributed by atoms with Crippen LogP contribution in [0.2, 0.25) is 5.02 Å². The van der Waals surface area contributed by atoms with Gasteiger partial charge in [-0.05, 0) is 43.7 Å². The predicted molar refractivity (Wildman–Crippen MR) is 93.5 cm³/mol. The number of rotatable bonds is 5. The minimum Gasteiger partial charge on any atom is -0.264 e. The van der Waals surface area contributed by atoms with E-state index in [0.717, 1.165) is 0 Å². The van der Waals surface area contributed by atoms with Crippen molar-refractivity contribution in [3.63, 3.8) is 0 Å². The Labute approximate surface area is 136 Å². The van der Waals surface area contributed by atoms with Gasteiger partial charge in [-0.3, -0.25) is 4.31 Å². The molecular formula is C17H18ClNO2S. The number of para-hydroxylation sites is 1. The van der Waals surface area contributed by atoms with Gasteiger partial charge in [0.25, 0.3) is 10.0 Å². The molecule has 0 radical (unpaired) electrons. The van der Waals surface area contributed by atoms with Gasteiger partial charge in [0, 0.05) is 11.1 Å². The minimum atomic E-state index is -3.60. The van der Waals surface area contributed by atoms with Crippen LogP contribution in [-0.4, -0.2) is 14.5 Å². The monoisotopic (exact) mass is 335 g/mol. The normalized spacial score (nSPS) is 12.0. The molecule has 2 rings (SSSR count). The molecule has 0 aliphatic rings. The van der Waals surface area contributed by atoms with Crippen molar-refractivity contribution < 1.29 is 8.42 Å². The Morgan fingerprint density at radius 3 is 2.18 bits per heavy atom. The number of nitrogens with zero attached hydrogens (tertiary/aromatic N) is 1. The van der Waals surface area contributed by atoms with Crippen LogP contribution in [0.15, 0.2) is 60.0 Å². The van der Waals surface area contributed by atoms with Crippen LogP contribution in [-0.2, 0) is 10.0 Å². The van der Waals surface area contributed by atoms with Crippen LogP contribution in [0.1, 0.15) is 19.4 Å². The van der Waals surface area contributed by atoms with Crippen molar-refractivity contribution in [1.82, 2.24) is 0 Å². The van der Waals surface area contributed by atoms with E-state index in [1.165, 1.54) is 15.8 Å². The third-order valence-corrected chi connectivity index (χ3v) is 5.08. The molecule has 22 heavy (non-hydrogen) atoms. The van der Waals surface area contributed by atoms with Gasteiger partial charge in [-0.1, -0.05) is 48.0 Å². The fraction of sp³-hybridized carbons (Fsp3) is 0.176. The quantitative estimate of drug-likeness (QED) is 0.803. The topological polar surface area (TPSA) is 37.4 Å². The van der Waals surface area contributed by atoms with Gasteiger partial charge in [0.2, 0.25) is 0 Å². The molecule has 0 saturated carbocycles. The van der Waals surface area contributed by atoms with Crippen LogP contribution in [0, 0.1) is 0 Å². The predicted octanol–water partition coefficient (Wildman–Crippen LogP) is 4.56. The smallest absolute Gasteiger partial charge is 0.257 e. The Morgan fingerprint density at radius 2 is 1.59 bits per heavy atom. The van der Waals surface area contributed by atoms with Gasteiger partial charge in [-0.15, -0.1) is 0 Å². The molecule has 0 atom stereocenters. The van der Waals surface area contributed by atoms with Crippen molar-refractivity contribution in [2.24, 2.45) is 0 Å². The molecule has 0 spiro atoms. The zero-order valence-electron chi connectivity index (χ0n) is 12.5. The summed E-state index contributed by atoms with van der Waals surface area (Å²) in [5.41, 5.74) is 1.31. The zero-order valence-corrected chi connectivity index (χ0v) is 14.1. The lowest BCUT2D eigenvalue weighted by Gasteiger charge is -2.26. The molecule has 0 aliphatic carbocycles. The molecule has 0 N–H and O–H groups in total. The van der Waals surface area contributed by atoms with Crippen molar-refractivity contribution in [1.29, 1.82) is 0 Å². The third kappa shape index (κ3) is 3.90. The first-order valence-corrected chi connectivity index (χ1v) is 8.82. The summed E-state index contributed by atoms with van der Waals surface area (Å²) in [6.45, 7) is 3.68. The maximum Gasteiger partial charge on any atom is 0.257 e. The number of benzene rings is 2. The number of sulfonamides is 1. The van der Waals surface area contributed by atoms with Crippen LogP contribution in [0.5, 0.6) is 0 Å². The molecule has 2 aromatic carbocycles. The van der Waals surface area contributed by atoms with Gasteiger partial charge in [0.15, 0.2) is 0 Å². The first-order chi connectivity index (χ1) is 10.4. The van der Waals surface area contributed by atoms with Gasteiger partial charge < -0.3 is 0 Å². The second-order valence-electron chi connectivity index (χ2n) is 5.09. The van der Waals surface area contributed by atoms with Gasteiger partial charge in [-0.2, -0.15) is 0 Å². The molecule has 0 aliphatic heterocycles. The second-order valence-corrected chi connectivity index (χ2v) is 7.20. The Morgan fingerprint density at radius 1 is 1.00 bits per heavy atom. The molecule has 0 amide bonds. The third-order valence-electron chi connectivity index (χ3n) is 3.08. The summed E-state index contributed by atoms with van der Waals surface area (Å²) in [7, 11) is -3.60. The van der Waals surface area contributed by atoms with Crippen LogP contribution >= 0.6 is 11.6 Å². The van der Waals surface area contributed by atoms with Crippen molar-refractivity contribution in [2.75, 3.05) is 4.31 Å². The average Bonchev–Trinajstić information content (AvgIpc) is 2.47. The summed E-state index contributed by atoms with van der Waals surface area (Å²) in [4.78, 5) is 0. The lowest BCUT2D eigenvalue weighted by Crippen LogP contribution is -2.35. The standard InChI is InChI=1S/C17H18ClNO2S/c1-14(2)19(16-9-4-3-5-10-16)22(20,21)13-12-15-8-6-7-11-17(15)18/h3-14H,1-2H3. The average molecular weight is 336 g/mol. The second kappa shape index (κ2) is 6.99. The van der Waals surface area contributed by atoms with E-state index in [0.29, 0.717) is 16.3 Å². The summed E-state index contributed by atoms with van der Waals surface area (Å²) >= 11 is 6.05. The van der Waals surface area contributed by atoms with Crippen molar-refractivity contribution in [3.05, 3.63) is 70.6 Å². The molecule has 0 fully saturated rings. The molecule has 0 bridgehead atoms. The largest absolute Gasteiger partial charge is 0.264 e. The van der Waals surface area contributed by atoms with E-state index >= 15 is 0 Å². The highest BCUT2D eigenvalue weighted by Gasteiger charge is 2.22. The zero-order chi connectivity index (χ0) is 16.2. The van der Waals surface area contributed by atoms with E-state index < -0.39 is 10.0 Å². The molecule has 0 saturated heterocycles. The molecule has 0 heterocycles. The number of hydrogen-bond acceptors (Lipinski definition) is 2. The first-order valence-electron chi connectivity index (χ1n) is 6.94. The van der Waals surface area contributed by atoms with Gasteiger partial charge >= 0.3 is 0 Å². The Bertz CT molecular complexity index is 755. The lowest BCUT2D eigenvalue weighted by atomic mass is 10.2. The summed E-state index contributed by atoms with van der Waals surface area (Å²) in [6, 6.07) is 16.0. The van der Waals surface area contributed by atoms with E-state index in [-0.39, 0.29) is 6.04 Å². The molecule has 3 nitrogen and oxygen atoms in total. The van der Waals surface area contributed by atoms with Crippen molar-refractivity contribution >= 4 is 33.4 Å². The molecule has 5 heteroatoms. The van der Waals surface area contributed by atoms with E-state index in [4.69, 9.17) is 11.6 Å². The first kappa shape index (κ1) is 16.6. The molecule has 0 aromatic heterocycles. The maximum atomic E-state index is 12.7. The van der Waals surface area contributed by atoms with Gasteiger partial charge in [-0.25, -0.2) is 8.42 Å². The lowest BCUT2D eigenvalue weighted by molar-refractivity contribution is 0.593. The van der Waals surface area contributed by atoms with Crippen molar-refractivity contribution in [3.8, 4) is 0 Å². The van der Waals surface area contributed by atoms with Gasteiger partial charge in [0.1, 0.15) is 0 Å². The summed E-state index contributed by atoms with van der Waals surface area (Å²) < 4.78 is 26.7. The van der Waals surface area contributed by atoms with E-state index in [1.54, 1.807) is 30.3 Å². The Kier molecular flexibility index (Phi) is 5.27. The fourth-order valence-corrected chi connectivity index (χ4v) is 3.80. The number of halogens is 1. The van der Waals surface area contributed by atoms with Crippen molar-refractivity contribution in [2.45, 2.75) is 19.9 Å². The number of anilines is 1. The fourth-order valence-electron chi connectivity index (χ4n) is 2.15. The Hall–Kier alpha value is -1.78. The highest BCUT2D eigenvalue weighted by Crippen LogP contribution is 2.23. The van der Waals surface area contributed by atoms with Crippen LogP contribution < -0.4 is 4.31 Å². The van der Waals surface area contributed by atoms with E-state index in [9.17, 15) is 8.42 Å². The summed E-state index contributed by atoms with van der Waals surface area (Å²) in [5.74, 6) is 0.